The Labute approximate surface area is 75.3 Å². The van der Waals surface area contributed by atoms with Crippen molar-refractivity contribution in [1.82, 2.24) is 0 Å². The fraction of sp³-hybridized carbons (Fsp3) is 0.727. The zero-order chi connectivity index (χ0) is 9.85. The maximum Gasteiger partial charge on any atom is 0.164 e. The second-order valence-electron chi connectivity index (χ2n) is 4.93. The van der Waals surface area contributed by atoms with Gasteiger partial charge in [-0.15, -0.1) is 0 Å². The van der Waals surface area contributed by atoms with Crippen molar-refractivity contribution in [3.63, 3.8) is 0 Å². The lowest BCUT2D eigenvalue weighted by Gasteiger charge is -2.31. The molecule has 12 heavy (non-hydrogen) atoms. The van der Waals surface area contributed by atoms with E-state index >= 15 is 0 Å². The Kier molecular flexibility index (Phi) is 1.05. The van der Waals surface area contributed by atoms with Crippen molar-refractivity contribution in [3.05, 3.63) is 12.1 Å². The van der Waals surface area contributed by atoms with E-state index in [1.54, 1.807) is 0 Å². The van der Waals surface area contributed by atoms with E-state index in [0.717, 1.165) is 18.4 Å². The summed E-state index contributed by atoms with van der Waals surface area (Å²) in [7, 11) is 0. The van der Waals surface area contributed by atoms with Crippen LogP contribution < -0.4 is 0 Å². The fourth-order valence-corrected chi connectivity index (χ4v) is 2.93. The first-order chi connectivity index (χ1) is 5.95. The number of fused-ring (bicyclic) bond motifs is 2. The lowest BCUT2D eigenvalue weighted by molar-refractivity contribution is -0.125. The van der Waals surface area contributed by atoms with Crippen LogP contribution in [0.15, 0.2) is 12.1 Å². The average Bonchev–Trinajstić information content (AvgIpc) is 2.36. The summed E-state index contributed by atoms with van der Waals surface area (Å²) >= 11 is 0. The van der Waals surface area contributed by atoms with Crippen molar-refractivity contribution in [2.45, 2.75) is 33.6 Å². The SMILES string of the molecule is [3H]C=C1C(=O)C2(C)CCC1C2(C)C. The summed E-state index contributed by atoms with van der Waals surface area (Å²) in [6.45, 7) is 7.67. The molecule has 2 aliphatic rings. The summed E-state index contributed by atoms with van der Waals surface area (Å²) in [6.07, 6.45) is 2.08. The molecule has 2 fully saturated rings. The molecule has 0 spiro atoms. The topological polar surface area (TPSA) is 17.1 Å². The molecule has 0 saturated heterocycles. The molecule has 1 nitrogen and oxygen atoms in total. The van der Waals surface area contributed by atoms with E-state index in [9.17, 15) is 4.79 Å². The number of rotatable bonds is 0. The third kappa shape index (κ3) is 0.562. The van der Waals surface area contributed by atoms with Crippen molar-refractivity contribution in [1.29, 1.82) is 0 Å². The fourth-order valence-electron chi connectivity index (χ4n) is 2.93. The number of ketones is 1. The summed E-state index contributed by atoms with van der Waals surface area (Å²) < 4.78 is 7.27. The molecule has 2 saturated carbocycles. The van der Waals surface area contributed by atoms with Crippen LogP contribution in [0.4, 0.5) is 0 Å². The highest BCUT2D eigenvalue weighted by Crippen LogP contribution is 2.65. The molecule has 2 atom stereocenters. The van der Waals surface area contributed by atoms with Crippen LogP contribution in [-0.2, 0) is 4.79 Å². The van der Waals surface area contributed by atoms with Crippen LogP contribution in [0, 0.1) is 16.7 Å². The van der Waals surface area contributed by atoms with Gasteiger partial charge in [0.05, 0.1) is 1.37 Å². The van der Waals surface area contributed by atoms with Crippen LogP contribution in [0.3, 0.4) is 0 Å². The van der Waals surface area contributed by atoms with Gasteiger partial charge in [-0.05, 0) is 29.7 Å². The first-order valence-corrected chi connectivity index (χ1v) is 4.58. The first kappa shape index (κ1) is 6.88. The van der Waals surface area contributed by atoms with Crippen LogP contribution >= 0.6 is 0 Å². The Morgan fingerprint density at radius 2 is 2.25 bits per heavy atom. The maximum atomic E-state index is 11.9. The summed E-state index contributed by atoms with van der Waals surface area (Å²) in [5.74, 6) is 0.561. The number of carbonyl (C=O) groups excluding carboxylic acids is 1. The van der Waals surface area contributed by atoms with Crippen molar-refractivity contribution in [2.75, 3.05) is 0 Å². The van der Waals surface area contributed by atoms with Crippen LogP contribution in [0.5, 0.6) is 0 Å². The predicted octanol–water partition coefficient (Wildman–Crippen LogP) is 2.57. The van der Waals surface area contributed by atoms with Crippen molar-refractivity contribution in [2.24, 2.45) is 16.7 Å². The summed E-state index contributed by atoms with van der Waals surface area (Å²) in [6, 6.07) is 0. The minimum absolute atomic E-state index is 0.0664. The summed E-state index contributed by atoms with van der Waals surface area (Å²) in [5, 5.41) is 0. The van der Waals surface area contributed by atoms with Crippen LogP contribution in [0.25, 0.3) is 0 Å². The van der Waals surface area contributed by atoms with Gasteiger partial charge < -0.3 is 0 Å². The van der Waals surface area contributed by atoms with E-state index in [1.807, 2.05) is 0 Å². The third-order valence-electron chi connectivity index (χ3n) is 4.37. The minimum atomic E-state index is -0.190. The highest BCUT2D eigenvalue weighted by Gasteiger charge is 2.63. The number of carbonyl (C=O) groups is 1. The molecule has 0 N–H and O–H groups in total. The lowest BCUT2D eigenvalue weighted by atomic mass is 9.70. The van der Waals surface area contributed by atoms with Gasteiger partial charge in [0.15, 0.2) is 5.78 Å². The Bertz CT molecular complexity index is 303. The molecule has 66 valence electrons. The molecule has 2 bridgehead atoms. The zero-order valence-electron chi connectivity index (χ0n) is 8.98. The van der Waals surface area contributed by atoms with Gasteiger partial charge in [0.1, 0.15) is 0 Å². The second kappa shape index (κ2) is 1.84. The largest absolute Gasteiger partial charge is 0.294 e. The van der Waals surface area contributed by atoms with E-state index in [1.165, 1.54) is 6.55 Å². The van der Waals surface area contributed by atoms with Gasteiger partial charge in [0.25, 0.3) is 0 Å². The second-order valence-corrected chi connectivity index (χ2v) is 4.93. The molecule has 0 amide bonds. The first-order valence-electron chi connectivity index (χ1n) is 5.16. The van der Waals surface area contributed by atoms with E-state index in [0.29, 0.717) is 5.92 Å². The predicted molar refractivity (Wildman–Crippen MR) is 48.8 cm³/mol. The van der Waals surface area contributed by atoms with E-state index < -0.39 is 0 Å². The number of hydrogen-bond donors (Lipinski definition) is 0. The minimum Gasteiger partial charge on any atom is -0.294 e. The van der Waals surface area contributed by atoms with E-state index in [4.69, 9.17) is 1.37 Å². The third-order valence-corrected chi connectivity index (χ3v) is 4.37. The maximum absolute atomic E-state index is 11.9. The quantitative estimate of drug-likeness (QED) is 0.505. The molecule has 2 aliphatic carbocycles. The van der Waals surface area contributed by atoms with E-state index in [-0.39, 0.29) is 16.6 Å². The molecule has 0 aromatic heterocycles. The molecule has 1 heteroatoms. The Balaban J connectivity index is 2.57. The Morgan fingerprint density at radius 1 is 1.58 bits per heavy atom. The van der Waals surface area contributed by atoms with Crippen LogP contribution in [0.2, 0.25) is 0 Å². The molecule has 2 rings (SSSR count). The van der Waals surface area contributed by atoms with Crippen molar-refractivity contribution < 1.29 is 6.17 Å². The average molecular weight is 166 g/mol. The van der Waals surface area contributed by atoms with Gasteiger partial charge in [-0.2, -0.15) is 0 Å². The van der Waals surface area contributed by atoms with E-state index in [2.05, 4.69) is 20.8 Å². The standard InChI is InChI=1S/C11H16O/c1-7-8-5-6-11(4,9(7)12)10(8,2)3/h8H,1,5-6H2,2-4H3/i1T. The smallest absolute Gasteiger partial charge is 0.164 e. The number of hydrogen-bond acceptors (Lipinski definition) is 1. The summed E-state index contributed by atoms with van der Waals surface area (Å²) in [4.78, 5) is 11.9. The molecule has 0 radical (unpaired) electrons. The highest BCUT2D eigenvalue weighted by atomic mass is 16.1. The van der Waals surface area contributed by atoms with Gasteiger partial charge in [-0.25, -0.2) is 0 Å². The molecule has 2 unspecified atom stereocenters. The van der Waals surface area contributed by atoms with Gasteiger partial charge in [0, 0.05) is 5.41 Å². The highest BCUT2D eigenvalue weighted by molar-refractivity contribution is 6.04. The monoisotopic (exact) mass is 166 g/mol. The summed E-state index contributed by atoms with van der Waals surface area (Å²) in [5.41, 5.74) is 0.639. The van der Waals surface area contributed by atoms with Crippen molar-refractivity contribution >= 4 is 5.78 Å². The molecular formula is C11H16O. The molecule has 0 aromatic carbocycles. The molecule has 0 heterocycles. The normalized spacial score (nSPS) is 48.6. The number of allylic oxidation sites excluding steroid dienone is 1. The number of Topliss-reactive ketones (excluding diaryl/α,β-unsaturated/α-hetero) is 1. The van der Waals surface area contributed by atoms with Crippen LogP contribution in [-0.4, -0.2) is 5.78 Å². The van der Waals surface area contributed by atoms with Crippen LogP contribution in [0.1, 0.15) is 35.0 Å². The van der Waals surface area contributed by atoms with Gasteiger partial charge >= 0.3 is 0 Å². The molecule has 0 aliphatic heterocycles. The van der Waals surface area contributed by atoms with Crippen molar-refractivity contribution in [3.8, 4) is 0 Å². The van der Waals surface area contributed by atoms with Gasteiger partial charge in [-0.1, -0.05) is 27.3 Å². The molecule has 0 aromatic rings. The zero-order valence-corrected chi connectivity index (χ0v) is 7.98. The van der Waals surface area contributed by atoms with Gasteiger partial charge in [0.2, 0.25) is 0 Å². The lowest BCUT2D eigenvalue weighted by Crippen LogP contribution is -2.32. The van der Waals surface area contributed by atoms with Gasteiger partial charge in [-0.3, -0.25) is 4.79 Å². The Morgan fingerprint density at radius 3 is 2.58 bits per heavy atom. The Hall–Kier alpha value is -0.590. The molecular weight excluding hydrogens is 148 g/mol.